The number of rotatable bonds is 6. The molecule has 2 N–H and O–H groups in total. The van der Waals surface area contributed by atoms with Crippen LogP contribution in [0, 0.1) is 12.8 Å². The Morgan fingerprint density at radius 3 is 2.44 bits per heavy atom. The highest BCUT2D eigenvalue weighted by molar-refractivity contribution is 4.88. The van der Waals surface area contributed by atoms with Crippen molar-refractivity contribution in [3.05, 3.63) is 11.8 Å². The van der Waals surface area contributed by atoms with Crippen molar-refractivity contribution in [2.24, 2.45) is 5.92 Å². The number of nitrogens with zero attached hydrogens (tertiary/aromatic N) is 2. The molecule has 0 aliphatic heterocycles. The molecule has 0 aliphatic carbocycles. The molecule has 2 atom stereocenters. The molecule has 0 amide bonds. The number of hydrogen-bond donors (Lipinski definition) is 2. The lowest BCUT2D eigenvalue weighted by Gasteiger charge is -2.24. The molecule has 1 heterocycles. The van der Waals surface area contributed by atoms with Crippen molar-refractivity contribution in [3.63, 3.8) is 0 Å². The van der Waals surface area contributed by atoms with E-state index in [-0.39, 0.29) is 18.7 Å². The molecule has 1 rings (SSSR count). The average Bonchev–Trinajstić information content (AvgIpc) is 2.64. The summed E-state index contributed by atoms with van der Waals surface area (Å²) in [7, 11) is 0. The fourth-order valence-corrected chi connectivity index (χ4v) is 1.63. The minimum atomic E-state index is 0.0140. The Labute approximate surface area is 96.3 Å². The maximum absolute atomic E-state index is 8.98. The third-order valence-corrected chi connectivity index (χ3v) is 2.62. The molecule has 0 fully saturated rings. The zero-order valence-electron chi connectivity index (χ0n) is 10.4. The molecule has 1 aromatic heterocycles. The van der Waals surface area contributed by atoms with Gasteiger partial charge in [0.25, 0.3) is 0 Å². The molecule has 92 valence electrons. The Hall–Kier alpha value is -0.940. The predicted octanol–water partition coefficient (Wildman–Crippen LogP) is 1.44. The van der Waals surface area contributed by atoms with Crippen molar-refractivity contribution in [2.45, 2.75) is 46.2 Å². The van der Waals surface area contributed by atoms with Crippen LogP contribution in [0.4, 0.5) is 0 Å². The second-order valence-corrected chi connectivity index (χ2v) is 4.41. The van der Waals surface area contributed by atoms with Gasteiger partial charge in [-0.05, 0) is 19.3 Å². The Balaban J connectivity index is 2.57. The third-order valence-electron chi connectivity index (χ3n) is 2.62. The first-order chi connectivity index (χ1) is 7.54. The summed E-state index contributed by atoms with van der Waals surface area (Å²) in [6.07, 6.45) is 0.731. The molecule has 0 saturated heterocycles. The molecule has 0 spiro atoms. The van der Waals surface area contributed by atoms with E-state index in [0.717, 1.165) is 6.42 Å². The highest BCUT2D eigenvalue weighted by Gasteiger charge is 2.19. The van der Waals surface area contributed by atoms with Gasteiger partial charge in [-0.3, -0.25) is 0 Å². The monoisotopic (exact) mass is 227 g/mol. The quantitative estimate of drug-likeness (QED) is 0.769. The topological polar surface area (TPSA) is 71.2 Å². The van der Waals surface area contributed by atoms with Gasteiger partial charge in [0.15, 0.2) is 0 Å². The predicted molar refractivity (Wildman–Crippen MR) is 60.9 cm³/mol. The van der Waals surface area contributed by atoms with Gasteiger partial charge >= 0.3 is 0 Å². The molecule has 1 aromatic rings. The smallest absolute Gasteiger partial charge is 0.233 e. The van der Waals surface area contributed by atoms with E-state index in [1.54, 1.807) is 6.92 Å². The SMILES string of the molecule is Cc1nnc([C@H](C)N[C@H](CCO)C(C)C)o1. The highest BCUT2D eigenvalue weighted by atomic mass is 16.4. The maximum atomic E-state index is 8.98. The molecule has 0 bridgehead atoms. The maximum Gasteiger partial charge on any atom is 0.233 e. The average molecular weight is 227 g/mol. The first kappa shape index (κ1) is 13.1. The van der Waals surface area contributed by atoms with E-state index in [1.807, 2.05) is 6.92 Å². The lowest BCUT2D eigenvalue weighted by molar-refractivity contribution is 0.230. The zero-order chi connectivity index (χ0) is 12.1. The fraction of sp³-hybridized carbons (Fsp3) is 0.818. The molecule has 0 unspecified atom stereocenters. The third kappa shape index (κ3) is 3.57. The van der Waals surface area contributed by atoms with Crippen LogP contribution in [0.5, 0.6) is 0 Å². The summed E-state index contributed by atoms with van der Waals surface area (Å²) in [5.74, 6) is 1.63. The van der Waals surface area contributed by atoms with Crippen LogP contribution in [-0.2, 0) is 0 Å². The van der Waals surface area contributed by atoms with Crippen molar-refractivity contribution in [2.75, 3.05) is 6.61 Å². The number of hydrogen-bond acceptors (Lipinski definition) is 5. The number of aliphatic hydroxyl groups is 1. The normalized spacial score (nSPS) is 15.4. The molecular weight excluding hydrogens is 206 g/mol. The van der Waals surface area contributed by atoms with Crippen LogP contribution in [0.1, 0.15) is 45.0 Å². The van der Waals surface area contributed by atoms with Crippen LogP contribution in [0.25, 0.3) is 0 Å². The van der Waals surface area contributed by atoms with Crippen molar-refractivity contribution < 1.29 is 9.52 Å². The molecule has 0 aromatic carbocycles. The van der Waals surface area contributed by atoms with Crippen LogP contribution in [0.15, 0.2) is 4.42 Å². The Bertz CT molecular complexity index is 312. The highest BCUT2D eigenvalue weighted by Crippen LogP contribution is 2.15. The fourth-order valence-electron chi connectivity index (χ4n) is 1.63. The number of aryl methyl sites for hydroxylation is 1. The minimum Gasteiger partial charge on any atom is -0.424 e. The Morgan fingerprint density at radius 1 is 1.31 bits per heavy atom. The summed E-state index contributed by atoms with van der Waals surface area (Å²) >= 11 is 0. The Kier molecular flexibility index (Phi) is 4.89. The van der Waals surface area contributed by atoms with E-state index in [4.69, 9.17) is 9.52 Å². The van der Waals surface area contributed by atoms with Crippen molar-refractivity contribution in [3.8, 4) is 0 Å². The van der Waals surface area contributed by atoms with Gasteiger partial charge in [0.05, 0.1) is 6.04 Å². The molecule has 0 radical (unpaired) electrons. The number of nitrogens with one attached hydrogen (secondary N) is 1. The van der Waals surface area contributed by atoms with Crippen LogP contribution in [0.3, 0.4) is 0 Å². The molecule has 0 aliphatic rings. The molecule has 16 heavy (non-hydrogen) atoms. The second-order valence-electron chi connectivity index (χ2n) is 4.41. The van der Waals surface area contributed by atoms with Gasteiger partial charge in [0.1, 0.15) is 0 Å². The molecular formula is C11H21N3O2. The standard InChI is InChI=1S/C11H21N3O2/c1-7(2)10(5-6-15)12-8(3)11-14-13-9(4)16-11/h7-8,10,12,15H,5-6H2,1-4H3/t8-,10+/m0/s1. The zero-order valence-corrected chi connectivity index (χ0v) is 10.4. The summed E-state index contributed by atoms with van der Waals surface area (Å²) in [6.45, 7) is 8.19. The van der Waals surface area contributed by atoms with Crippen LogP contribution in [-0.4, -0.2) is 28.0 Å². The summed E-state index contributed by atoms with van der Waals surface area (Å²) in [5, 5.41) is 20.1. The minimum absolute atomic E-state index is 0.0140. The number of aliphatic hydroxyl groups excluding tert-OH is 1. The van der Waals surface area contributed by atoms with E-state index in [0.29, 0.717) is 17.7 Å². The summed E-state index contributed by atoms with van der Waals surface area (Å²) in [4.78, 5) is 0. The van der Waals surface area contributed by atoms with Gasteiger partial charge < -0.3 is 14.8 Å². The van der Waals surface area contributed by atoms with Gasteiger partial charge in [-0.2, -0.15) is 0 Å². The second kappa shape index (κ2) is 5.96. The largest absolute Gasteiger partial charge is 0.424 e. The van der Waals surface area contributed by atoms with Gasteiger partial charge in [-0.25, -0.2) is 0 Å². The van der Waals surface area contributed by atoms with Gasteiger partial charge in [-0.1, -0.05) is 13.8 Å². The summed E-state index contributed by atoms with van der Waals surface area (Å²) in [5.41, 5.74) is 0. The number of aromatic nitrogens is 2. The van der Waals surface area contributed by atoms with Gasteiger partial charge in [0.2, 0.25) is 11.8 Å². The van der Waals surface area contributed by atoms with E-state index in [2.05, 4.69) is 29.4 Å². The van der Waals surface area contributed by atoms with Gasteiger partial charge in [0, 0.05) is 19.6 Å². The van der Waals surface area contributed by atoms with Crippen LogP contribution in [0.2, 0.25) is 0 Å². The summed E-state index contributed by atoms with van der Waals surface area (Å²) in [6, 6.07) is 0.271. The van der Waals surface area contributed by atoms with Crippen molar-refractivity contribution in [1.82, 2.24) is 15.5 Å². The van der Waals surface area contributed by atoms with Crippen LogP contribution >= 0.6 is 0 Å². The summed E-state index contributed by atoms with van der Waals surface area (Å²) < 4.78 is 5.36. The van der Waals surface area contributed by atoms with E-state index in [9.17, 15) is 0 Å². The molecule has 0 saturated carbocycles. The van der Waals surface area contributed by atoms with Gasteiger partial charge in [-0.15, -0.1) is 10.2 Å². The van der Waals surface area contributed by atoms with Crippen LogP contribution < -0.4 is 5.32 Å². The first-order valence-corrected chi connectivity index (χ1v) is 5.71. The first-order valence-electron chi connectivity index (χ1n) is 5.71. The van der Waals surface area contributed by atoms with E-state index >= 15 is 0 Å². The van der Waals surface area contributed by atoms with Crippen molar-refractivity contribution >= 4 is 0 Å². The molecule has 5 heteroatoms. The molecule has 5 nitrogen and oxygen atoms in total. The van der Waals surface area contributed by atoms with Crippen molar-refractivity contribution in [1.29, 1.82) is 0 Å². The van der Waals surface area contributed by atoms with E-state index < -0.39 is 0 Å². The lowest BCUT2D eigenvalue weighted by Crippen LogP contribution is -2.36. The lowest BCUT2D eigenvalue weighted by atomic mass is 10.0. The Morgan fingerprint density at radius 2 is 2.00 bits per heavy atom. The van der Waals surface area contributed by atoms with E-state index in [1.165, 1.54) is 0 Å².